The molecule has 0 spiro atoms. The van der Waals surface area contributed by atoms with Gasteiger partial charge in [0, 0.05) is 17.2 Å². The van der Waals surface area contributed by atoms with E-state index < -0.39 is 0 Å². The van der Waals surface area contributed by atoms with Crippen LogP contribution < -0.4 is 5.32 Å². The van der Waals surface area contributed by atoms with Crippen LogP contribution in [0.4, 0.5) is 5.82 Å². The van der Waals surface area contributed by atoms with E-state index in [4.69, 9.17) is 4.98 Å². The van der Waals surface area contributed by atoms with Crippen molar-refractivity contribution < 1.29 is 4.79 Å². The van der Waals surface area contributed by atoms with Crippen molar-refractivity contribution in [1.82, 2.24) is 14.5 Å². The third kappa shape index (κ3) is 3.15. The Morgan fingerprint density at radius 3 is 2.81 bits per heavy atom. The number of carbonyl (C=O) groups excluding carboxylic acids is 1. The molecule has 5 nitrogen and oxygen atoms in total. The SMILES string of the molecule is CCn1c(-c2ccc(C(=O)Nc3ccc(Br)cn3)s2)nc2ccccc21. The lowest BCUT2D eigenvalue weighted by Gasteiger charge is -2.04. The summed E-state index contributed by atoms with van der Waals surface area (Å²) in [5, 5.41) is 2.82. The van der Waals surface area contributed by atoms with Gasteiger partial charge >= 0.3 is 0 Å². The maximum Gasteiger partial charge on any atom is 0.266 e. The van der Waals surface area contributed by atoms with Crippen molar-refractivity contribution in [1.29, 1.82) is 0 Å². The molecule has 1 amide bonds. The highest BCUT2D eigenvalue weighted by molar-refractivity contribution is 9.10. The predicted octanol–water partition coefficient (Wildman–Crippen LogP) is 5.19. The average Bonchev–Trinajstić information content (AvgIpc) is 3.27. The summed E-state index contributed by atoms with van der Waals surface area (Å²) < 4.78 is 3.03. The van der Waals surface area contributed by atoms with Crippen LogP contribution in [0.1, 0.15) is 16.6 Å². The standard InChI is InChI=1S/C19H15BrN4OS/c1-2-24-14-6-4-3-5-13(14)22-18(24)15-8-9-16(26-15)19(25)23-17-10-7-12(20)11-21-17/h3-11H,2H2,1H3,(H,21,23,25). The summed E-state index contributed by atoms with van der Waals surface area (Å²) >= 11 is 4.76. The molecule has 0 aliphatic rings. The number of benzene rings is 1. The van der Waals surface area contributed by atoms with Crippen molar-refractivity contribution >= 4 is 50.0 Å². The van der Waals surface area contributed by atoms with Gasteiger partial charge in [-0.1, -0.05) is 12.1 Å². The van der Waals surface area contributed by atoms with E-state index in [1.165, 1.54) is 11.3 Å². The van der Waals surface area contributed by atoms with E-state index in [1.807, 2.05) is 36.4 Å². The number of thiophene rings is 1. The minimum atomic E-state index is -0.171. The van der Waals surface area contributed by atoms with Gasteiger partial charge in [0.15, 0.2) is 5.82 Å². The Hall–Kier alpha value is -2.51. The van der Waals surface area contributed by atoms with E-state index in [0.29, 0.717) is 10.7 Å². The topological polar surface area (TPSA) is 59.8 Å². The minimum Gasteiger partial charge on any atom is -0.324 e. The zero-order valence-corrected chi connectivity index (χ0v) is 16.3. The summed E-state index contributed by atoms with van der Waals surface area (Å²) in [4.78, 5) is 23.0. The van der Waals surface area contributed by atoms with Crippen molar-refractivity contribution in [2.75, 3.05) is 5.32 Å². The molecule has 1 aromatic carbocycles. The number of carbonyl (C=O) groups is 1. The highest BCUT2D eigenvalue weighted by Crippen LogP contribution is 2.31. The number of para-hydroxylation sites is 2. The fourth-order valence-electron chi connectivity index (χ4n) is 2.79. The summed E-state index contributed by atoms with van der Waals surface area (Å²) in [5.41, 5.74) is 2.06. The Morgan fingerprint density at radius 2 is 2.04 bits per heavy atom. The lowest BCUT2D eigenvalue weighted by Crippen LogP contribution is -2.11. The normalized spacial score (nSPS) is 11.0. The van der Waals surface area contributed by atoms with Gasteiger partial charge in [-0.05, 0) is 59.3 Å². The minimum absolute atomic E-state index is 0.171. The highest BCUT2D eigenvalue weighted by atomic mass is 79.9. The molecule has 0 atom stereocenters. The number of imidazole rings is 1. The van der Waals surface area contributed by atoms with Gasteiger partial charge in [0.2, 0.25) is 0 Å². The zero-order valence-electron chi connectivity index (χ0n) is 13.9. The van der Waals surface area contributed by atoms with E-state index in [9.17, 15) is 4.79 Å². The first kappa shape index (κ1) is 16.9. The summed E-state index contributed by atoms with van der Waals surface area (Å²) in [6.07, 6.45) is 1.65. The maximum atomic E-state index is 12.5. The molecule has 4 aromatic rings. The maximum absolute atomic E-state index is 12.5. The van der Waals surface area contributed by atoms with Crippen LogP contribution in [0.5, 0.6) is 0 Å². The van der Waals surface area contributed by atoms with Gasteiger partial charge < -0.3 is 9.88 Å². The van der Waals surface area contributed by atoms with Crippen LogP contribution in [0.2, 0.25) is 0 Å². The molecule has 0 aliphatic heterocycles. The number of anilines is 1. The fraction of sp³-hybridized carbons (Fsp3) is 0.105. The molecule has 26 heavy (non-hydrogen) atoms. The van der Waals surface area contributed by atoms with Gasteiger partial charge in [-0.2, -0.15) is 0 Å². The molecular weight excluding hydrogens is 412 g/mol. The Kier molecular flexibility index (Phi) is 4.57. The first-order valence-corrected chi connectivity index (χ1v) is 9.75. The van der Waals surface area contributed by atoms with E-state index >= 15 is 0 Å². The number of pyridine rings is 1. The van der Waals surface area contributed by atoms with Gasteiger partial charge in [0.05, 0.1) is 20.8 Å². The number of aryl methyl sites for hydroxylation is 1. The van der Waals surface area contributed by atoms with Crippen LogP contribution >= 0.6 is 27.3 Å². The Bertz CT molecular complexity index is 1080. The van der Waals surface area contributed by atoms with Crippen molar-refractivity contribution in [3.63, 3.8) is 0 Å². The first-order valence-electron chi connectivity index (χ1n) is 8.14. The lowest BCUT2D eigenvalue weighted by molar-refractivity contribution is 0.103. The molecule has 0 fully saturated rings. The molecule has 0 unspecified atom stereocenters. The number of hydrogen-bond acceptors (Lipinski definition) is 4. The molecule has 0 bridgehead atoms. The van der Waals surface area contributed by atoms with E-state index in [-0.39, 0.29) is 5.91 Å². The second kappa shape index (κ2) is 7.01. The van der Waals surface area contributed by atoms with E-state index in [1.54, 1.807) is 12.3 Å². The molecule has 7 heteroatoms. The van der Waals surface area contributed by atoms with Gasteiger partial charge in [-0.15, -0.1) is 11.3 Å². The number of rotatable bonds is 4. The van der Waals surface area contributed by atoms with Crippen molar-refractivity contribution in [2.45, 2.75) is 13.5 Å². The van der Waals surface area contributed by atoms with Gasteiger partial charge in [-0.25, -0.2) is 9.97 Å². The largest absolute Gasteiger partial charge is 0.324 e. The third-order valence-electron chi connectivity index (χ3n) is 3.99. The summed E-state index contributed by atoms with van der Waals surface area (Å²) in [5.74, 6) is 1.24. The monoisotopic (exact) mass is 426 g/mol. The molecule has 3 heterocycles. The molecule has 0 saturated heterocycles. The van der Waals surface area contributed by atoms with Crippen molar-refractivity contribution in [2.24, 2.45) is 0 Å². The van der Waals surface area contributed by atoms with Gasteiger partial charge in [0.1, 0.15) is 5.82 Å². The second-order valence-corrected chi connectivity index (χ2v) is 7.65. The number of nitrogens with one attached hydrogen (secondary N) is 1. The van der Waals surface area contributed by atoms with Gasteiger partial charge in [0.25, 0.3) is 5.91 Å². The summed E-state index contributed by atoms with van der Waals surface area (Å²) in [6.45, 7) is 2.91. The molecule has 3 aromatic heterocycles. The number of aromatic nitrogens is 3. The quantitative estimate of drug-likeness (QED) is 0.487. The lowest BCUT2D eigenvalue weighted by atomic mass is 10.3. The van der Waals surface area contributed by atoms with E-state index in [2.05, 4.69) is 43.8 Å². The van der Waals surface area contributed by atoms with Crippen molar-refractivity contribution in [3.05, 3.63) is 64.1 Å². The molecule has 4 rings (SSSR count). The van der Waals surface area contributed by atoms with Crippen LogP contribution in [0.3, 0.4) is 0 Å². The average molecular weight is 427 g/mol. The van der Waals surface area contributed by atoms with Crippen molar-refractivity contribution in [3.8, 4) is 10.7 Å². The molecular formula is C19H15BrN4OS. The smallest absolute Gasteiger partial charge is 0.266 e. The van der Waals surface area contributed by atoms with Crippen LogP contribution in [0, 0.1) is 0 Å². The Morgan fingerprint density at radius 1 is 1.19 bits per heavy atom. The Labute approximate surface area is 162 Å². The van der Waals surface area contributed by atoms with E-state index in [0.717, 1.165) is 32.8 Å². The van der Waals surface area contributed by atoms with Crippen LogP contribution in [0.25, 0.3) is 21.7 Å². The fourth-order valence-corrected chi connectivity index (χ4v) is 3.93. The van der Waals surface area contributed by atoms with Crippen LogP contribution in [-0.2, 0) is 6.54 Å². The number of amides is 1. The highest BCUT2D eigenvalue weighted by Gasteiger charge is 2.16. The number of fused-ring (bicyclic) bond motifs is 1. The second-order valence-electron chi connectivity index (χ2n) is 5.65. The number of hydrogen-bond donors (Lipinski definition) is 1. The van der Waals surface area contributed by atoms with Crippen LogP contribution in [-0.4, -0.2) is 20.4 Å². The summed E-state index contributed by atoms with van der Waals surface area (Å²) in [6, 6.07) is 15.4. The van der Waals surface area contributed by atoms with Crippen LogP contribution in [0.15, 0.2) is 59.2 Å². The number of halogens is 1. The molecule has 0 radical (unpaired) electrons. The predicted molar refractivity (Wildman–Crippen MR) is 109 cm³/mol. The Balaban J connectivity index is 1.64. The van der Waals surface area contributed by atoms with Gasteiger partial charge in [-0.3, -0.25) is 4.79 Å². The molecule has 1 N–H and O–H groups in total. The molecule has 0 aliphatic carbocycles. The first-order chi connectivity index (χ1) is 12.7. The third-order valence-corrected chi connectivity index (χ3v) is 5.54. The molecule has 130 valence electrons. The summed E-state index contributed by atoms with van der Waals surface area (Å²) in [7, 11) is 0. The molecule has 0 saturated carbocycles. The number of nitrogens with zero attached hydrogens (tertiary/aromatic N) is 3. The zero-order chi connectivity index (χ0) is 18.1.